The number of benzene rings is 3. The van der Waals surface area contributed by atoms with Crippen LogP contribution in [0.15, 0.2) is 91.1 Å². The van der Waals surface area contributed by atoms with Crippen LogP contribution < -0.4 is 10.2 Å². The fourth-order valence-corrected chi connectivity index (χ4v) is 4.03. The van der Waals surface area contributed by atoms with Gasteiger partial charge >= 0.3 is 0 Å². The van der Waals surface area contributed by atoms with Crippen LogP contribution in [0.5, 0.6) is 0 Å². The Morgan fingerprint density at radius 2 is 1.67 bits per heavy atom. The smallest absolute Gasteiger partial charge is 0.269 e. The van der Waals surface area contributed by atoms with Gasteiger partial charge in [0.2, 0.25) is 0 Å². The van der Waals surface area contributed by atoms with Crippen LogP contribution in [0.2, 0.25) is 5.02 Å². The minimum Gasteiger partial charge on any atom is -0.337 e. The normalized spacial score (nSPS) is 19.9. The average Bonchev–Trinajstić information content (AvgIpc) is 2.82. The lowest BCUT2D eigenvalue weighted by Gasteiger charge is -2.42. The van der Waals surface area contributed by atoms with Crippen molar-refractivity contribution in [1.29, 1.82) is 0 Å². The van der Waals surface area contributed by atoms with E-state index in [2.05, 4.69) is 5.32 Å². The molecular formula is C25H20ClN3O4. The van der Waals surface area contributed by atoms with Crippen molar-refractivity contribution in [3.63, 3.8) is 0 Å². The first-order chi connectivity index (χ1) is 15.8. The lowest BCUT2D eigenvalue weighted by atomic mass is 9.77. The molecule has 1 heterocycles. The zero-order chi connectivity index (χ0) is 23.6. The predicted octanol–water partition coefficient (Wildman–Crippen LogP) is 5.08. The van der Waals surface area contributed by atoms with Gasteiger partial charge in [-0.1, -0.05) is 48.0 Å². The van der Waals surface area contributed by atoms with E-state index in [1.165, 1.54) is 29.2 Å². The molecule has 0 aliphatic carbocycles. The van der Waals surface area contributed by atoms with Gasteiger partial charge in [0.1, 0.15) is 5.54 Å². The van der Waals surface area contributed by atoms with E-state index in [1.54, 1.807) is 37.4 Å². The number of nitrogens with zero attached hydrogens (tertiary/aromatic N) is 2. The van der Waals surface area contributed by atoms with Gasteiger partial charge in [-0.25, -0.2) is 0 Å². The first-order valence-electron chi connectivity index (χ1n) is 10.2. The number of hydrogen-bond acceptors (Lipinski definition) is 4. The second-order valence-corrected chi connectivity index (χ2v) is 8.28. The van der Waals surface area contributed by atoms with Gasteiger partial charge in [-0.3, -0.25) is 24.6 Å². The van der Waals surface area contributed by atoms with Crippen LogP contribution in [0.3, 0.4) is 0 Å². The molecule has 0 fully saturated rings. The zero-order valence-electron chi connectivity index (χ0n) is 17.6. The molecule has 0 radical (unpaired) electrons. The molecular weight excluding hydrogens is 442 g/mol. The quantitative estimate of drug-likeness (QED) is 0.423. The lowest BCUT2D eigenvalue weighted by Crippen LogP contribution is -2.61. The Balaban J connectivity index is 1.72. The van der Waals surface area contributed by atoms with E-state index in [9.17, 15) is 19.7 Å². The van der Waals surface area contributed by atoms with Gasteiger partial charge in [0.15, 0.2) is 0 Å². The van der Waals surface area contributed by atoms with E-state index >= 15 is 0 Å². The van der Waals surface area contributed by atoms with Crippen molar-refractivity contribution in [2.75, 3.05) is 4.90 Å². The molecule has 1 N–H and O–H groups in total. The minimum absolute atomic E-state index is 0.120. The van der Waals surface area contributed by atoms with Crippen molar-refractivity contribution in [3.05, 3.63) is 117 Å². The summed E-state index contributed by atoms with van der Waals surface area (Å²) in [5.74, 6) is -1.26. The minimum atomic E-state index is -1.32. The molecule has 166 valence electrons. The molecule has 2 atom stereocenters. The summed E-state index contributed by atoms with van der Waals surface area (Å²) in [6, 6.07) is 21.5. The van der Waals surface area contributed by atoms with Gasteiger partial charge in [-0.05, 0) is 48.9 Å². The first kappa shape index (κ1) is 22.2. The Morgan fingerprint density at radius 1 is 1.03 bits per heavy atom. The predicted molar refractivity (Wildman–Crippen MR) is 126 cm³/mol. The summed E-state index contributed by atoms with van der Waals surface area (Å²) in [6.45, 7) is 1.68. The molecule has 1 aliphatic rings. The summed E-state index contributed by atoms with van der Waals surface area (Å²) in [5.41, 5.74) is 0.251. The van der Waals surface area contributed by atoms with Crippen LogP contribution in [0, 0.1) is 10.1 Å². The van der Waals surface area contributed by atoms with Crippen LogP contribution >= 0.6 is 11.6 Å². The van der Waals surface area contributed by atoms with Crippen LogP contribution in [-0.4, -0.2) is 22.3 Å². The molecule has 0 aromatic heterocycles. The molecule has 7 nitrogen and oxygen atoms in total. The summed E-state index contributed by atoms with van der Waals surface area (Å²) >= 11 is 5.99. The third kappa shape index (κ3) is 4.36. The maximum Gasteiger partial charge on any atom is 0.269 e. The molecule has 2 amide bonds. The number of rotatable bonds is 5. The lowest BCUT2D eigenvalue weighted by molar-refractivity contribution is -0.384. The Labute approximate surface area is 195 Å². The van der Waals surface area contributed by atoms with Gasteiger partial charge in [0, 0.05) is 40.5 Å². The first-order valence-corrected chi connectivity index (χ1v) is 10.6. The summed E-state index contributed by atoms with van der Waals surface area (Å²) < 4.78 is 0. The van der Waals surface area contributed by atoms with Gasteiger partial charge in [0.25, 0.3) is 17.5 Å². The molecule has 8 heteroatoms. The van der Waals surface area contributed by atoms with Crippen molar-refractivity contribution in [2.45, 2.75) is 18.4 Å². The molecule has 33 heavy (non-hydrogen) atoms. The molecule has 2 unspecified atom stereocenters. The highest BCUT2D eigenvalue weighted by Crippen LogP contribution is 2.37. The fraction of sp³-hybridized carbons (Fsp3) is 0.120. The number of hydrogen-bond donors (Lipinski definition) is 1. The summed E-state index contributed by atoms with van der Waals surface area (Å²) in [4.78, 5) is 38.7. The number of nitro benzene ring substituents is 1. The van der Waals surface area contributed by atoms with Crippen molar-refractivity contribution >= 4 is 34.8 Å². The number of carbonyl (C=O) groups excluding carboxylic acids is 2. The molecule has 4 rings (SSSR count). The second-order valence-electron chi connectivity index (χ2n) is 7.84. The third-order valence-electron chi connectivity index (χ3n) is 5.69. The van der Waals surface area contributed by atoms with Gasteiger partial charge in [-0.15, -0.1) is 0 Å². The van der Waals surface area contributed by atoms with E-state index in [4.69, 9.17) is 11.6 Å². The number of nitro groups is 1. The molecule has 0 spiro atoms. The fourth-order valence-electron chi connectivity index (χ4n) is 3.90. The van der Waals surface area contributed by atoms with E-state index < -0.39 is 22.3 Å². The molecule has 0 saturated heterocycles. The van der Waals surface area contributed by atoms with Gasteiger partial charge in [0.05, 0.1) is 4.92 Å². The average molecular weight is 462 g/mol. The summed E-state index contributed by atoms with van der Waals surface area (Å²) in [6.07, 6.45) is 3.57. The van der Waals surface area contributed by atoms with Crippen molar-refractivity contribution in [1.82, 2.24) is 5.32 Å². The van der Waals surface area contributed by atoms with Crippen LogP contribution in [0.1, 0.15) is 28.8 Å². The maximum absolute atomic E-state index is 13.8. The molecule has 0 saturated carbocycles. The Hall–Kier alpha value is -3.97. The van der Waals surface area contributed by atoms with Crippen molar-refractivity contribution < 1.29 is 14.5 Å². The Kier molecular flexibility index (Phi) is 5.98. The van der Waals surface area contributed by atoms with Crippen molar-refractivity contribution in [2.24, 2.45) is 0 Å². The molecule has 3 aromatic rings. The second kappa shape index (κ2) is 8.88. The number of anilines is 1. The molecule has 0 bridgehead atoms. The van der Waals surface area contributed by atoms with E-state index in [-0.39, 0.29) is 17.2 Å². The summed E-state index contributed by atoms with van der Waals surface area (Å²) in [7, 11) is 0. The number of halogens is 1. The summed E-state index contributed by atoms with van der Waals surface area (Å²) in [5, 5.41) is 14.4. The number of nitrogens with one attached hydrogen (secondary N) is 1. The number of carbonyl (C=O) groups is 2. The van der Waals surface area contributed by atoms with E-state index in [0.717, 1.165) is 5.56 Å². The number of non-ortho nitro benzene ring substituents is 1. The van der Waals surface area contributed by atoms with Crippen LogP contribution in [0.4, 0.5) is 11.4 Å². The number of amides is 2. The highest BCUT2D eigenvalue weighted by atomic mass is 35.5. The topological polar surface area (TPSA) is 92.5 Å². The zero-order valence-corrected chi connectivity index (χ0v) is 18.4. The maximum atomic E-state index is 13.8. The highest BCUT2D eigenvalue weighted by Gasteiger charge is 2.47. The SMILES string of the molecule is CC1(NC(=O)c2ccc([N+](=O)[O-])cc2)C(=O)N(c2ccc(Cl)cc2)C=CC1c1ccccc1. The van der Waals surface area contributed by atoms with Gasteiger partial charge in [-0.2, -0.15) is 0 Å². The monoisotopic (exact) mass is 461 g/mol. The Morgan fingerprint density at radius 3 is 2.27 bits per heavy atom. The molecule has 3 aromatic carbocycles. The van der Waals surface area contributed by atoms with Crippen LogP contribution in [-0.2, 0) is 4.79 Å². The van der Waals surface area contributed by atoms with E-state index in [0.29, 0.717) is 10.7 Å². The third-order valence-corrected chi connectivity index (χ3v) is 5.94. The van der Waals surface area contributed by atoms with Crippen LogP contribution in [0.25, 0.3) is 0 Å². The standard InChI is InChI=1S/C25H20ClN3O4/c1-25(27-23(30)18-7-11-21(12-8-18)29(32)33)22(17-5-3-2-4-6-17)15-16-28(24(25)31)20-13-9-19(26)10-14-20/h2-16,22H,1H3,(H,27,30). The van der Waals surface area contributed by atoms with E-state index in [1.807, 2.05) is 36.4 Å². The van der Waals surface area contributed by atoms with Gasteiger partial charge < -0.3 is 5.32 Å². The Bertz CT molecular complexity index is 1230. The largest absolute Gasteiger partial charge is 0.337 e. The van der Waals surface area contributed by atoms with Crippen molar-refractivity contribution in [3.8, 4) is 0 Å². The highest BCUT2D eigenvalue weighted by molar-refractivity contribution is 6.30. The molecule has 1 aliphatic heterocycles.